The van der Waals surface area contributed by atoms with Gasteiger partial charge in [0.2, 0.25) is 0 Å². The maximum absolute atomic E-state index is 13.6. The van der Waals surface area contributed by atoms with E-state index in [0.29, 0.717) is 28.3 Å². The molecule has 162 valence electrons. The van der Waals surface area contributed by atoms with Gasteiger partial charge < -0.3 is 14.8 Å². The molecule has 32 heavy (non-hydrogen) atoms. The van der Waals surface area contributed by atoms with Crippen LogP contribution in [0.5, 0.6) is 11.5 Å². The Hall–Kier alpha value is -4.06. The third kappa shape index (κ3) is 3.71. The van der Waals surface area contributed by atoms with Gasteiger partial charge in [0.15, 0.2) is 0 Å². The second kappa shape index (κ2) is 8.59. The summed E-state index contributed by atoms with van der Waals surface area (Å²) in [5, 5.41) is 3.24. The number of imide groups is 1. The molecule has 6 heteroatoms. The third-order valence-electron chi connectivity index (χ3n) is 5.61. The van der Waals surface area contributed by atoms with Gasteiger partial charge in [0.1, 0.15) is 17.2 Å². The largest absolute Gasteiger partial charge is 0.497 e. The van der Waals surface area contributed by atoms with Crippen molar-refractivity contribution in [2.45, 2.75) is 13.8 Å². The first-order valence-electron chi connectivity index (χ1n) is 10.2. The number of carbonyl (C=O) groups excluding carboxylic acids is 2. The van der Waals surface area contributed by atoms with Crippen molar-refractivity contribution < 1.29 is 19.1 Å². The molecule has 0 atom stereocenters. The van der Waals surface area contributed by atoms with E-state index in [1.54, 1.807) is 18.2 Å². The number of benzene rings is 3. The van der Waals surface area contributed by atoms with Crippen molar-refractivity contribution in [2.24, 2.45) is 0 Å². The molecule has 3 aromatic rings. The summed E-state index contributed by atoms with van der Waals surface area (Å²) in [6, 6.07) is 20.0. The maximum atomic E-state index is 13.6. The molecule has 0 unspecified atom stereocenters. The molecular formula is C26H24N2O4. The van der Waals surface area contributed by atoms with Crippen LogP contribution in [0.4, 0.5) is 11.4 Å². The monoisotopic (exact) mass is 428 g/mol. The molecule has 0 aliphatic carbocycles. The lowest BCUT2D eigenvalue weighted by molar-refractivity contribution is -0.120. The lowest BCUT2D eigenvalue weighted by atomic mass is 10.0. The number of ether oxygens (including phenoxy) is 2. The Morgan fingerprint density at radius 3 is 2.06 bits per heavy atom. The van der Waals surface area contributed by atoms with E-state index >= 15 is 0 Å². The number of methoxy groups -OCH3 is 2. The Balaban J connectivity index is 1.85. The van der Waals surface area contributed by atoms with Crippen molar-refractivity contribution in [3.8, 4) is 11.5 Å². The SMILES string of the molecule is COc1cc(OC)cc(N2C(=O)C(Nc3cccc(C)c3C)=C(c3ccccc3)C2=O)c1. The molecule has 0 fully saturated rings. The van der Waals surface area contributed by atoms with E-state index in [9.17, 15) is 9.59 Å². The number of hydrogen-bond donors (Lipinski definition) is 1. The van der Waals surface area contributed by atoms with Crippen LogP contribution in [0.25, 0.3) is 5.57 Å². The molecule has 1 heterocycles. The minimum absolute atomic E-state index is 0.233. The molecule has 1 N–H and O–H groups in total. The number of amides is 2. The normalized spacial score (nSPS) is 13.6. The average Bonchev–Trinajstić information content (AvgIpc) is 3.06. The number of nitrogens with one attached hydrogen (secondary N) is 1. The number of anilines is 2. The van der Waals surface area contributed by atoms with Crippen molar-refractivity contribution in [1.29, 1.82) is 0 Å². The molecule has 0 spiro atoms. The molecule has 0 radical (unpaired) electrons. The van der Waals surface area contributed by atoms with Crippen LogP contribution >= 0.6 is 0 Å². The lowest BCUT2D eigenvalue weighted by Crippen LogP contribution is -2.32. The minimum atomic E-state index is -0.440. The molecule has 0 bridgehead atoms. The topological polar surface area (TPSA) is 67.9 Å². The summed E-state index contributed by atoms with van der Waals surface area (Å²) in [5.74, 6) is 0.115. The second-order valence-electron chi connectivity index (χ2n) is 7.51. The summed E-state index contributed by atoms with van der Waals surface area (Å²) in [5.41, 5.74) is 4.46. The van der Waals surface area contributed by atoms with Gasteiger partial charge in [-0.05, 0) is 36.6 Å². The first kappa shape index (κ1) is 21.2. The highest BCUT2D eigenvalue weighted by atomic mass is 16.5. The van der Waals surface area contributed by atoms with Crippen molar-refractivity contribution in [3.05, 3.63) is 89.1 Å². The van der Waals surface area contributed by atoms with Gasteiger partial charge in [0.05, 0.1) is 25.5 Å². The van der Waals surface area contributed by atoms with Crippen molar-refractivity contribution in [1.82, 2.24) is 0 Å². The Kier molecular flexibility index (Phi) is 5.69. The van der Waals surface area contributed by atoms with Crippen LogP contribution in [0.2, 0.25) is 0 Å². The zero-order valence-electron chi connectivity index (χ0n) is 18.4. The van der Waals surface area contributed by atoms with E-state index in [1.807, 2.05) is 62.4 Å². The highest BCUT2D eigenvalue weighted by molar-refractivity contribution is 6.46. The Bertz CT molecular complexity index is 1210. The molecule has 4 rings (SSSR count). The summed E-state index contributed by atoms with van der Waals surface area (Å²) in [6.07, 6.45) is 0. The maximum Gasteiger partial charge on any atom is 0.282 e. The van der Waals surface area contributed by atoms with Gasteiger partial charge in [-0.3, -0.25) is 9.59 Å². The van der Waals surface area contributed by atoms with Crippen molar-refractivity contribution >= 4 is 28.8 Å². The molecule has 0 aromatic heterocycles. The first-order valence-corrected chi connectivity index (χ1v) is 10.2. The van der Waals surface area contributed by atoms with Crippen LogP contribution in [0.3, 0.4) is 0 Å². The molecule has 6 nitrogen and oxygen atoms in total. The highest BCUT2D eigenvalue weighted by Gasteiger charge is 2.40. The van der Waals surface area contributed by atoms with Crippen LogP contribution < -0.4 is 19.7 Å². The molecule has 0 saturated heterocycles. The number of hydrogen-bond acceptors (Lipinski definition) is 5. The van der Waals surface area contributed by atoms with Crippen LogP contribution in [0.1, 0.15) is 16.7 Å². The second-order valence-corrected chi connectivity index (χ2v) is 7.51. The summed E-state index contributed by atoms with van der Waals surface area (Å²) in [4.78, 5) is 28.4. The summed E-state index contributed by atoms with van der Waals surface area (Å²) >= 11 is 0. The van der Waals surface area contributed by atoms with Crippen molar-refractivity contribution in [2.75, 3.05) is 24.4 Å². The number of aryl methyl sites for hydroxylation is 1. The zero-order valence-corrected chi connectivity index (χ0v) is 18.4. The number of rotatable bonds is 6. The van der Waals surface area contributed by atoms with Crippen LogP contribution in [-0.2, 0) is 9.59 Å². The molecule has 2 amide bonds. The quantitative estimate of drug-likeness (QED) is 0.576. The Morgan fingerprint density at radius 2 is 1.44 bits per heavy atom. The summed E-state index contributed by atoms with van der Waals surface area (Å²) in [6.45, 7) is 3.98. The average molecular weight is 428 g/mol. The molecular weight excluding hydrogens is 404 g/mol. The Labute approximate surface area is 187 Å². The number of nitrogens with zero attached hydrogens (tertiary/aromatic N) is 1. The van der Waals surface area contributed by atoms with E-state index in [0.717, 1.165) is 21.7 Å². The minimum Gasteiger partial charge on any atom is -0.497 e. The molecule has 1 aliphatic heterocycles. The summed E-state index contributed by atoms with van der Waals surface area (Å²) < 4.78 is 10.7. The summed E-state index contributed by atoms with van der Waals surface area (Å²) in [7, 11) is 3.04. The van der Waals surface area contributed by atoms with E-state index in [-0.39, 0.29) is 5.70 Å². The van der Waals surface area contributed by atoms with Gasteiger partial charge >= 0.3 is 0 Å². The fourth-order valence-corrected chi connectivity index (χ4v) is 3.70. The van der Waals surface area contributed by atoms with Crippen LogP contribution in [0.15, 0.2) is 72.4 Å². The van der Waals surface area contributed by atoms with Crippen LogP contribution in [-0.4, -0.2) is 26.0 Å². The fraction of sp³-hybridized carbons (Fsp3) is 0.154. The van der Waals surface area contributed by atoms with Gasteiger partial charge in [-0.15, -0.1) is 0 Å². The molecule has 0 saturated carbocycles. The third-order valence-corrected chi connectivity index (χ3v) is 5.61. The van der Waals surface area contributed by atoms with E-state index < -0.39 is 11.8 Å². The lowest BCUT2D eigenvalue weighted by Gasteiger charge is -2.18. The van der Waals surface area contributed by atoms with Gasteiger partial charge in [0.25, 0.3) is 11.8 Å². The van der Waals surface area contributed by atoms with Gasteiger partial charge in [-0.25, -0.2) is 4.90 Å². The zero-order chi connectivity index (χ0) is 22.8. The first-order chi connectivity index (χ1) is 15.4. The Morgan fingerprint density at radius 1 is 0.781 bits per heavy atom. The van der Waals surface area contributed by atoms with Gasteiger partial charge in [0, 0.05) is 23.9 Å². The standard InChI is InChI=1S/C26H24N2O4/c1-16-9-8-12-22(17(16)2)27-24-23(18-10-6-5-7-11-18)25(29)28(26(24)30)19-13-20(31-3)15-21(14-19)32-4/h5-15,27H,1-4H3. The van der Waals surface area contributed by atoms with Gasteiger partial charge in [-0.2, -0.15) is 0 Å². The smallest absolute Gasteiger partial charge is 0.282 e. The van der Waals surface area contributed by atoms with E-state index in [2.05, 4.69) is 5.32 Å². The predicted octanol–water partition coefficient (Wildman–Crippen LogP) is 4.72. The van der Waals surface area contributed by atoms with Crippen molar-refractivity contribution in [3.63, 3.8) is 0 Å². The molecule has 1 aliphatic rings. The van der Waals surface area contributed by atoms with E-state index in [4.69, 9.17) is 9.47 Å². The highest BCUT2D eigenvalue weighted by Crippen LogP contribution is 2.37. The fourth-order valence-electron chi connectivity index (χ4n) is 3.70. The van der Waals surface area contributed by atoms with E-state index in [1.165, 1.54) is 14.2 Å². The number of carbonyl (C=O) groups is 2. The van der Waals surface area contributed by atoms with Gasteiger partial charge in [-0.1, -0.05) is 42.5 Å². The van der Waals surface area contributed by atoms with Crippen LogP contribution in [0, 0.1) is 13.8 Å². The molecule has 3 aromatic carbocycles. The predicted molar refractivity (Wildman–Crippen MR) is 125 cm³/mol.